The van der Waals surface area contributed by atoms with Gasteiger partial charge in [-0.1, -0.05) is 13.0 Å². The number of carbonyl (C=O) groups excluding carboxylic acids is 1. The van der Waals surface area contributed by atoms with Crippen molar-refractivity contribution in [3.05, 3.63) is 49.9 Å². The number of nitro benzene ring substituents is 1. The smallest absolute Gasteiger partial charge is 0.341 e. The number of carbonyl (C=O) groups is 1. The van der Waals surface area contributed by atoms with E-state index in [1.807, 2.05) is 0 Å². The van der Waals surface area contributed by atoms with Crippen molar-refractivity contribution in [3.63, 3.8) is 0 Å². The van der Waals surface area contributed by atoms with E-state index in [2.05, 4.69) is 17.6 Å². The number of thiocarbonyl (C=S) groups is 1. The van der Waals surface area contributed by atoms with Crippen molar-refractivity contribution < 1.29 is 14.5 Å². The SMILES string of the molecule is COC(=O)c1c(NC(=S)Nc2cccc([N+](=O)[O-])c2C)sc2c1CCC(C)C2. The summed E-state index contributed by atoms with van der Waals surface area (Å²) in [6, 6.07) is 4.76. The van der Waals surface area contributed by atoms with Crippen LogP contribution < -0.4 is 10.6 Å². The minimum Gasteiger partial charge on any atom is -0.465 e. The zero-order valence-corrected chi connectivity index (χ0v) is 17.5. The first-order chi connectivity index (χ1) is 13.3. The maximum absolute atomic E-state index is 12.4. The first-order valence-electron chi connectivity index (χ1n) is 8.86. The van der Waals surface area contributed by atoms with Crippen molar-refractivity contribution in [2.75, 3.05) is 17.7 Å². The topological polar surface area (TPSA) is 93.5 Å². The van der Waals surface area contributed by atoms with Crippen LogP contribution in [-0.4, -0.2) is 23.1 Å². The fourth-order valence-electron chi connectivity index (χ4n) is 3.37. The highest BCUT2D eigenvalue weighted by atomic mass is 32.1. The van der Waals surface area contributed by atoms with Crippen LogP contribution in [0, 0.1) is 23.0 Å². The highest BCUT2D eigenvalue weighted by Crippen LogP contribution is 2.40. The van der Waals surface area contributed by atoms with Gasteiger partial charge in [0.25, 0.3) is 5.69 Å². The molecule has 1 unspecified atom stereocenters. The van der Waals surface area contributed by atoms with Crippen molar-refractivity contribution >= 4 is 51.0 Å². The van der Waals surface area contributed by atoms with E-state index in [-0.39, 0.29) is 16.8 Å². The number of anilines is 2. The fourth-order valence-corrected chi connectivity index (χ4v) is 5.05. The van der Waals surface area contributed by atoms with Gasteiger partial charge in [-0.2, -0.15) is 0 Å². The Bertz CT molecular complexity index is 955. The maximum atomic E-state index is 12.4. The number of hydrogen-bond acceptors (Lipinski definition) is 6. The number of thiophene rings is 1. The van der Waals surface area contributed by atoms with Gasteiger partial charge in [0.15, 0.2) is 5.11 Å². The summed E-state index contributed by atoms with van der Waals surface area (Å²) >= 11 is 6.91. The number of benzene rings is 1. The quantitative estimate of drug-likeness (QED) is 0.321. The molecule has 1 aliphatic carbocycles. The minimum atomic E-state index is -0.430. The number of rotatable bonds is 4. The van der Waals surface area contributed by atoms with Crippen LogP contribution in [0.25, 0.3) is 0 Å². The van der Waals surface area contributed by atoms with E-state index in [0.717, 1.165) is 24.8 Å². The number of esters is 1. The number of nitrogens with one attached hydrogen (secondary N) is 2. The Kier molecular flexibility index (Phi) is 5.95. The van der Waals surface area contributed by atoms with E-state index < -0.39 is 4.92 Å². The molecule has 0 saturated carbocycles. The van der Waals surface area contributed by atoms with E-state index in [9.17, 15) is 14.9 Å². The summed E-state index contributed by atoms with van der Waals surface area (Å²) < 4.78 is 4.98. The molecule has 1 atom stereocenters. The van der Waals surface area contributed by atoms with Crippen molar-refractivity contribution in [2.45, 2.75) is 33.1 Å². The lowest BCUT2D eigenvalue weighted by Crippen LogP contribution is -2.21. The van der Waals surface area contributed by atoms with Gasteiger partial charge in [0.05, 0.1) is 28.8 Å². The van der Waals surface area contributed by atoms with Crippen molar-refractivity contribution in [1.82, 2.24) is 0 Å². The summed E-state index contributed by atoms with van der Waals surface area (Å²) in [7, 11) is 1.37. The standard InChI is InChI=1S/C19H21N3O4S2/c1-10-7-8-12-15(9-10)28-17(16(12)18(23)26-3)21-19(27)20-13-5-4-6-14(11(13)2)22(24)25/h4-6,10H,7-9H2,1-3H3,(H2,20,21,27). The van der Waals surface area contributed by atoms with E-state index >= 15 is 0 Å². The van der Waals surface area contributed by atoms with Crippen LogP contribution in [0.1, 0.15) is 39.7 Å². The highest BCUT2D eigenvalue weighted by molar-refractivity contribution is 7.80. The number of nitrogens with zero attached hydrogens (tertiary/aromatic N) is 1. The molecule has 0 radical (unpaired) electrons. The third-order valence-corrected chi connectivity index (χ3v) is 6.25. The van der Waals surface area contributed by atoms with Gasteiger partial charge in [-0.05, 0) is 56.0 Å². The summed E-state index contributed by atoms with van der Waals surface area (Å²) in [6.45, 7) is 3.86. The molecule has 0 spiro atoms. The van der Waals surface area contributed by atoms with E-state index in [1.54, 1.807) is 19.1 Å². The fraction of sp³-hybridized carbons (Fsp3) is 0.368. The normalized spacial score (nSPS) is 15.5. The van der Waals surface area contributed by atoms with Crippen LogP contribution in [0.3, 0.4) is 0 Å². The van der Waals surface area contributed by atoms with Crippen LogP contribution in [0.4, 0.5) is 16.4 Å². The molecule has 9 heteroatoms. The summed E-state index contributed by atoms with van der Waals surface area (Å²) in [5, 5.41) is 18.1. The predicted molar refractivity (Wildman–Crippen MR) is 115 cm³/mol. The highest BCUT2D eigenvalue weighted by Gasteiger charge is 2.28. The molecule has 0 amide bonds. The van der Waals surface area contributed by atoms with Crippen LogP contribution in [0.5, 0.6) is 0 Å². The Morgan fingerprint density at radius 3 is 2.82 bits per heavy atom. The van der Waals surface area contributed by atoms with E-state index in [1.165, 1.54) is 29.4 Å². The van der Waals surface area contributed by atoms with Crippen molar-refractivity contribution in [3.8, 4) is 0 Å². The predicted octanol–water partition coefficient (Wildman–Crippen LogP) is 4.69. The summed E-state index contributed by atoms with van der Waals surface area (Å²) in [5.41, 5.74) is 2.62. The second-order valence-corrected chi connectivity index (χ2v) is 8.35. The van der Waals surface area contributed by atoms with Crippen molar-refractivity contribution in [2.24, 2.45) is 5.92 Å². The molecule has 0 aliphatic heterocycles. The molecule has 148 valence electrons. The molecule has 1 aromatic heterocycles. The van der Waals surface area contributed by atoms with Gasteiger partial charge in [0.2, 0.25) is 0 Å². The summed E-state index contributed by atoms with van der Waals surface area (Å²) in [5.74, 6) is 0.186. The van der Waals surface area contributed by atoms with Crippen LogP contribution in [0.15, 0.2) is 18.2 Å². The second-order valence-electron chi connectivity index (χ2n) is 6.83. The zero-order valence-electron chi connectivity index (χ0n) is 15.8. The molecule has 1 aromatic carbocycles. The molecule has 1 aliphatic rings. The Hall–Kier alpha value is -2.52. The van der Waals surface area contributed by atoms with Crippen LogP contribution in [-0.2, 0) is 17.6 Å². The zero-order chi connectivity index (χ0) is 20.4. The number of ether oxygens (including phenoxy) is 1. The molecule has 0 fully saturated rings. The lowest BCUT2D eigenvalue weighted by Gasteiger charge is -2.18. The van der Waals surface area contributed by atoms with Gasteiger partial charge in [-0.15, -0.1) is 11.3 Å². The largest absolute Gasteiger partial charge is 0.465 e. The first kappa shape index (κ1) is 20.2. The minimum absolute atomic E-state index is 0.0172. The molecule has 2 N–H and O–H groups in total. The third-order valence-electron chi connectivity index (χ3n) is 4.88. The Balaban J connectivity index is 1.86. The molecule has 0 saturated heterocycles. The second kappa shape index (κ2) is 8.24. The van der Waals surface area contributed by atoms with Gasteiger partial charge < -0.3 is 15.4 Å². The number of hydrogen-bond donors (Lipinski definition) is 2. The van der Waals surface area contributed by atoms with Gasteiger partial charge in [-0.25, -0.2) is 4.79 Å². The van der Waals surface area contributed by atoms with E-state index in [4.69, 9.17) is 17.0 Å². The third kappa shape index (κ3) is 4.00. The van der Waals surface area contributed by atoms with Gasteiger partial charge in [0, 0.05) is 10.9 Å². The Morgan fingerprint density at radius 2 is 2.14 bits per heavy atom. The lowest BCUT2D eigenvalue weighted by molar-refractivity contribution is -0.385. The van der Waals surface area contributed by atoms with Gasteiger partial charge in [0.1, 0.15) is 5.00 Å². The monoisotopic (exact) mass is 419 g/mol. The Morgan fingerprint density at radius 1 is 1.39 bits per heavy atom. The molecule has 7 nitrogen and oxygen atoms in total. The molecular weight excluding hydrogens is 398 g/mol. The average molecular weight is 420 g/mol. The number of methoxy groups -OCH3 is 1. The van der Waals surface area contributed by atoms with Gasteiger partial charge >= 0.3 is 5.97 Å². The summed E-state index contributed by atoms with van der Waals surface area (Å²) in [6.07, 6.45) is 2.79. The van der Waals surface area contributed by atoms with Crippen molar-refractivity contribution in [1.29, 1.82) is 0 Å². The average Bonchev–Trinajstić information content (AvgIpc) is 2.99. The molecule has 3 rings (SSSR count). The Labute approximate surface area is 172 Å². The van der Waals surface area contributed by atoms with E-state index in [0.29, 0.717) is 27.7 Å². The molecule has 28 heavy (non-hydrogen) atoms. The molecular formula is C19H21N3O4S2. The van der Waals surface area contributed by atoms with Crippen LogP contribution >= 0.6 is 23.6 Å². The summed E-state index contributed by atoms with van der Waals surface area (Å²) in [4.78, 5) is 24.2. The lowest BCUT2D eigenvalue weighted by atomic mass is 9.88. The van der Waals surface area contributed by atoms with Gasteiger partial charge in [-0.3, -0.25) is 10.1 Å². The van der Waals surface area contributed by atoms with Crippen LogP contribution in [0.2, 0.25) is 0 Å². The first-order valence-corrected chi connectivity index (χ1v) is 10.1. The molecule has 0 bridgehead atoms. The number of fused-ring (bicyclic) bond motifs is 1. The molecule has 1 heterocycles. The maximum Gasteiger partial charge on any atom is 0.341 e. The molecule has 2 aromatic rings. The number of nitro groups is 1.